The number of benzene rings is 2. The molecule has 0 atom stereocenters. The highest BCUT2D eigenvalue weighted by molar-refractivity contribution is 5.89. The summed E-state index contributed by atoms with van der Waals surface area (Å²) in [6.07, 6.45) is 1.73. The van der Waals surface area contributed by atoms with Gasteiger partial charge in [0.1, 0.15) is 0 Å². The number of carboxylic acids is 1. The topological polar surface area (TPSA) is 63.6 Å². The van der Waals surface area contributed by atoms with Crippen LogP contribution in [0, 0.1) is 0 Å². The number of esters is 1. The van der Waals surface area contributed by atoms with Gasteiger partial charge in [-0.1, -0.05) is 43.0 Å². The van der Waals surface area contributed by atoms with Gasteiger partial charge in [0.05, 0.1) is 17.7 Å². The Morgan fingerprint density at radius 1 is 1.05 bits per heavy atom. The van der Waals surface area contributed by atoms with Crippen molar-refractivity contribution in [2.45, 2.75) is 6.92 Å². The van der Waals surface area contributed by atoms with Crippen LogP contribution in [0.2, 0.25) is 0 Å². The summed E-state index contributed by atoms with van der Waals surface area (Å²) < 4.78 is 4.84. The fraction of sp³-hybridized carbons (Fsp3) is 0.111. The van der Waals surface area contributed by atoms with E-state index in [1.165, 1.54) is 0 Å². The van der Waals surface area contributed by atoms with Crippen molar-refractivity contribution >= 4 is 18.0 Å². The van der Waals surface area contributed by atoms with Crippen molar-refractivity contribution in [1.82, 2.24) is 0 Å². The summed E-state index contributed by atoms with van der Waals surface area (Å²) in [7, 11) is 0. The molecule has 2 aromatic rings. The predicted octanol–water partition coefficient (Wildman–Crippen LogP) is 3.89. The lowest BCUT2D eigenvalue weighted by molar-refractivity contribution is 0.0526. The third-order valence-corrected chi connectivity index (χ3v) is 2.68. The molecule has 0 aliphatic carbocycles. The minimum atomic E-state index is -0.879. The summed E-state index contributed by atoms with van der Waals surface area (Å²) in [6.45, 7) is 5.82. The average Bonchev–Trinajstić information content (AvgIpc) is 2.56. The van der Waals surface area contributed by atoms with E-state index in [2.05, 4.69) is 6.58 Å². The first-order valence-corrected chi connectivity index (χ1v) is 6.76. The molecule has 22 heavy (non-hydrogen) atoms. The smallest absolute Gasteiger partial charge is 0.338 e. The molecule has 0 saturated carbocycles. The third kappa shape index (κ3) is 5.63. The Kier molecular flexibility index (Phi) is 7.13. The van der Waals surface area contributed by atoms with Crippen LogP contribution in [0.25, 0.3) is 6.08 Å². The number of rotatable bonds is 4. The van der Waals surface area contributed by atoms with Gasteiger partial charge < -0.3 is 9.84 Å². The molecule has 0 bridgehead atoms. The zero-order valence-electron chi connectivity index (χ0n) is 12.4. The van der Waals surface area contributed by atoms with Crippen LogP contribution in [0.15, 0.2) is 61.2 Å². The summed E-state index contributed by atoms with van der Waals surface area (Å²) in [6, 6.07) is 15.4. The first-order valence-electron chi connectivity index (χ1n) is 6.76. The molecule has 4 nitrogen and oxygen atoms in total. The fourth-order valence-corrected chi connectivity index (χ4v) is 1.55. The van der Waals surface area contributed by atoms with E-state index in [1.807, 2.05) is 12.1 Å². The van der Waals surface area contributed by atoms with Gasteiger partial charge in [0, 0.05) is 0 Å². The van der Waals surface area contributed by atoms with Crippen LogP contribution >= 0.6 is 0 Å². The Morgan fingerprint density at radius 3 is 2.05 bits per heavy atom. The van der Waals surface area contributed by atoms with Gasteiger partial charge in [-0.25, -0.2) is 9.59 Å². The van der Waals surface area contributed by atoms with E-state index in [-0.39, 0.29) is 5.97 Å². The normalized spacial score (nSPS) is 9.14. The highest BCUT2D eigenvalue weighted by atomic mass is 16.5. The van der Waals surface area contributed by atoms with Gasteiger partial charge in [-0.05, 0) is 36.8 Å². The molecule has 0 saturated heterocycles. The first kappa shape index (κ1) is 17.2. The number of carbonyl (C=O) groups is 2. The van der Waals surface area contributed by atoms with Crippen LogP contribution in [-0.4, -0.2) is 23.7 Å². The Bertz CT molecular complexity index is 615. The minimum absolute atomic E-state index is 0.280. The van der Waals surface area contributed by atoms with Crippen LogP contribution in [-0.2, 0) is 4.74 Å². The van der Waals surface area contributed by atoms with Gasteiger partial charge in [-0.15, -0.1) is 0 Å². The molecule has 0 spiro atoms. The van der Waals surface area contributed by atoms with Crippen LogP contribution < -0.4 is 0 Å². The zero-order chi connectivity index (χ0) is 16.4. The molecule has 0 aliphatic rings. The first-order chi connectivity index (χ1) is 10.6. The second-order valence-electron chi connectivity index (χ2n) is 4.22. The van der Waals surface area contributed by atoms with Crippen LogP contribution in [0.4, 0.5) is 0 Å². The van der Waals surface area contributed by atoms with Crippen LogP contribution in [0.1, 0.15) is 33.2 Å². The molecule has 0 amide bonds. The molecule has 2 rings (SSSR count). The standard InChI is InChI=1S/C11H12O2.C7H6O2/c1-3-9-5-7-10(8-6-9)11(12)13-4-2;8-7(9)6-4-2-1-3-5-6/h3,5-8H,1,4H2,2H3;1-5H,(H,8,9). The second kappa shape index (κ2) is 9.13. The van der Waals surface area contributed by atoms with Crippen molar-refractivity contribution < 1.29 is 19.4 Å². The molecule has 0 heterocycles. The lowest BCUT2D eigenvalue weighted by Gasteiger charge is -2.01. The molecule has 114 valence electrons. The summed E-state index contributed by atoms with van der Waals surface area (Å²) in [5.74, 6) is -1.16. The average molecular weight is 298 g/mol. The summed E-state index contributed by atoms with van der Waals surface area (Å²) in [5, 5.41) is 8.38. The van der Waals surface area contributed by atoms with Crippen molar-refractivity contribution in [2.24, 2.45) is 0 Å². The maximum Gasteiger partial charge on any atom is 0.338 e. The van der Waals surface area contributed by atoms with Crippen LogP contribution in [0.5, 0.6) is 0 Å². The van der Waals surface area contributed by atoms with Gasteiger partial charge >= 0.3 is 11.9 Å². The number of ether oxygens (including phenoxy) is 1. The molecule has 4 heteroatoms. The van der Waals surface area contributed by atoms with Gasteiger partial charge in [0.25, 0.3) is 0 Å². The van der Waals surface area contributed by atoms with Crippen molar-refractivity contribution in [3.05, 3.63) is 77.9 Å². The van der Waals surface area contributed by atoms with E-state index < -0.39 is 5.97 Å². The number of hydrogen-bond acceptors (Lipinski definition) is 3. The number of carboxylic acid groups (broad SMARTS) is 1. The molecule has 0 unspecified atom stereocenters. The Labute approximate surface area is 129 Å². The van der Waals surface area contributed by atoms with Crippen LogP contribution in [0.3, 0.4) is 0 Å². The Morgan fingerprint density at radius 2 is 1.64 bits per heavy atom. The lowest BCUT2D eigenvalue weighted by Crippen LogP contribution is -2.03. The quantitative estimate of drug-likeness (QED) is 0.870. The van der Waals surface area contributed by atoms with Gasteiger partial charge in [0.15, 0.2) is 0 Å². The Hall–Kier alpha value is -2.88. The van der Waals surface area contributed by atoms with Crippen molar-refractivity contribution in [1.29, 1.82) is 0 Å². The molecule has 0 aromatic heterocycles. The van der Waals surface area contributed by atoms with E-state index in [0.29, 0.717) is 17.7 Å². The molecule has 0 fully saturated rings. The molecule has 2 aromatic carbocycles. The van der Waals surface area contributed by atoms with E-state index in [1.54, 1.807) is 55.5 Å². The molecule has 0 radical (unpaired) electrons. The molecule has 1 N–H and O–H groups in total. The van der Waals surface area contributed by atoms with Gasteiger partial charge in [-0.2, -0.15) is 0 Å². The predicted molar refractivity (Wildman–Crippen MR) is 85.9 cm³/mol. The van der Waals surface area contributed by atoms with E-state index >= 15 is 0 Å². The van der Waals surface area contributed by atoms with Gasteiger partial charge in [0.2, 0.25) is 0 Å². The maximum atomic E-state index is 11.2. The lowest BCUT2D eigenvalue weighted by atomic mass is 10.1. The molecular formula is C18H18O4. The van der Waals surface area contributed by atoms with E-state index in [4.69, 9.17) is 9.84 Å². The maximum absolute atomic E-state index is 11.2. The number of carbonyl (C=O) groups excluding carboxylic acids is 1. The van der Waals surface area contributed by atoms with Crippen molar-refractivity contribution in [3.8, 4) is 0 Å². The highest BCUT2D eigenvalue weighted by Gasteiger charge is 2.04. The number of aromatic carboxylic acids is 1. The van der Waals surface area contributed by atoms with E-state index in [0.717, 1.165) is 5.56 Å². The summed E-state index contributed by atoms with van der Waals surface area (Å²) in [4.78, 5) is 21.4. The zero-order valence-corrected chi connectivity index (χ0v) is 12.4. The second-order valence-corrected chi connectivity index (χ2v) is 4.22. The summed E-state index contributed by atoms with van der Waals surface area (Å²) in [5.41, 5.74) is 1.90. The highest BCUT2D eigenvalue weighted by Crippen LogP contribution is 2.06. The monoisotopic (exact) mass is 298 g/mol. The SMILES string of the molecule is C=Cc1ccc(C(=O)OCC)cc1.O=C(O)c1ccccc1. The molecule has 0 aliphatic heterocycles. The van der Waals surface area contributed by atoms with E-state index in [9.17, 15) is 9.59 Å². The van der Waals surface area contributed by atoms with Crippen molar-refractivity contribution in [2.75, 3.05) is 6.61 Å². The minimum Gasteiger partial charge on any atom is -0.478 e. The third-order valence-electron chi connectivity index (χ3n) is 2.68. The van der Waals surface area contributed by atoms with Crippen molar-refractivity contribution in [3.63, 3.8) is 0 Å². The number of hydrogen-bond donors (Lipinski definition) is 1. The summed E-state index contributed by atoms with van der Waals surface area (Å²) >= 11 is 0. The Balaban J connectivity index is 0.000000235. The van der Waals surface area contributed by atoms with Gasteiger partial charge in [-0.3, -0.25) is 0 Å². The fourth-order valence-electron chi connectivity index (χ4n) is 1.55. The molecular weight excluding hydrogens is 280 g/mol. The largest absolute Gasteiger partial charge is 0.478 e.